The number of carbonyl (C=O) groups is 1. The molecule has 0 aliphatic heterocycles. The molecule has 110 valence electrons. The molecule has 0 spiro atoms. The van der Waals surface area contributed by atoms with E-state index in [0.29, 0.717) is 5.56 Å². The molecule has 2 heteroatoms. The molecular formula is C20H19NO. The highest BCUT2D eigenvalue weighted by Gasteiger charge is 2.42. The Balaban J connectivity index is 2.06. The van der Waals surface area contributed by atoms with Crippen LogP contribution in [-0.2, 0) is 6.42 Å². The number of fused-ring (bicyclic) bond motifs is 1. The zero-order valence-corrected chi connectivity index (χ0v) is 13.0. The average Bonchev–Trinajstić information content (AvgIpc) is 2.87. The van der Waals surface area contributed by atoms with Crippen molar-refractivity contribution in [1.82, 2.24) is 0 Å². The zero-order chi connectivity index (χ0) is 15.7. The van der Waals surface area contributed by atoms with Crippen molar-refractivity contribution in [2.75, 3.05) is 0 Å². The topological polar surface area (TPSA) is 40.9 Å². The summed E-state index contributed by atoms with van der Waals surface area (Å²) in [5, 5.41) is 9.03. The summed E-state index contributed by atoms with van der Waals surface area (Å²) in [6.45, 7) is 4.20. The largest absolute Gasteiger partial charge is 0.294 e. The summed E-state index contributed by atoms with van der Waals surface area (Å²) in [4.78, 5) is 12.8. The number of ketones is 1. The summed E-state index contributed by atoms with van der Waals surface area (Å²) in [7, 11) is 0. The Morgan fingerprint density at radius 1 is 1.09 bits per heavy atom. The summed E-state index contributed by atoms with van der Waals surface area (Å²) < 4.78 is 0. The molecule has 2 aromatic carbocycles. The van der Waals surface area contributed by atoms with Gasteiger partial charge in [-0.1, -0.05) is 38.1 Å². The molecule has 0 bridgehead atoms. The minimum absolute atomic E-state index is 0.213. The Hall–Kier alpha value is -2.40. The summed E-state index contributed by atoms with van der Waals surface area (Å²) >= 11 is 0. The molecule has 0 unspecified atom stereocenters. The Labute approximate surface area is 131 Å². The van der Waals surface area contributed by atoms with Crippen molar-refractivity contribution >= 4 is 5.78 Å². The Kier molecular flexibility index (Phi) is 3.58. The van der Waals surface area contributed by atoms with Gasteiger partial charge in [0.1, 0.15) is 0 Å². The van der Waals surface area contributed by atoms with Crippen LogP contribution in [0.2, 0.25) is 0 Å². The zero-order valence-electron chi connectivity index (χ0n) is 13.0. The molecule has 0 fully saturated rings. The predicted molar refractivity (Wildman–Crippen MR) is 87.6 cm³/mol. The first-order chi connectivity index (χ1) is 10.6. The van der Waals surface area contributed by atoms with Crippen LogP contribution in [-0.4, -0.2) is 5.78 Å². The van der Waals surface area contributed by atoms with Gasteiger partial charge < -0.3 is 0 Å². The van der Waals surface area contributed by atoms with Gasteiger partial charge in [-0.3, -0.25) is 4.79 Å². The van der Waals surface area contributed by atoms with Crippen LogP contribution in [0.1, 0.15) is 48.2 Å². The van der Waals surface area contributed by atoms with Crippen LogP contribution in [0.5, 0.6) is 0 Å². The van der Waals surface area contributed by atoms with Gasteiger partial charge in [-0.25, -0.2) is 0 Å². The fourth-order valence-electron chi connectivity index (χ4n) is 3.44. The van der Waals surface area contributed by atoms with Crippen molar-refractivity contribution in [3.63, 3.8) is 0 Å². The fraction of sp³-hybridized carbons (Fsp3) is 0.300. The predicted octanol–water partition coefficient (Wildman–Crippen LogP) is 4.77. The first-order valence-corrected chi connectivity index (χ1v) is 7.82. The number of rotatable bonds is 3. The fourth-order valence-corrected chi connectivity index (χ4v) is 3.44. The summed E-state index contributed by atoms with van der Waals surface area (Å²) in [5.41, 5.74) is 4.45. The third-order valence-corrected chi connectivity index (χ3v) is 5.04. The minimum Gasteiger partial charge on any atom is -0.294 e. The molecule has 0 radical (unpaired) electrons. The van der Waals surface area contributed by atoms with Crippen molar-refractivity contribution in [3.8, 4) is 17.2 Å². The molecule has 0 heterocycles. The second-order valence-electron chi connectivity index (χ2n) is 6.06. The number of carbonyl (C=O) groups excluding carboxylic acids is 1. The standard InChI is InChI=1S/C20H19NO/c1-3-20(4-2)12-17-9-8-16(11-18(17)19(20)22)15-7-5-6-14(10-15)13-21/h5-11H,3-4,12H2,1-2H3. The smallest absolute Gasteiger partial charge is 0.169 e. The van der Waals surface area contributed by atoms with E-state index >= 15 is 0 Å². The van der Waals surface area contributed by atoms with Crippen molar-refractivity contribution in [2.24, 2.45) is 5.41 Å². The average molecular weight is 289 g/mol. The van der Waals surface area contributed by atoms with E-state index in [1.807, 2.05) is 24.3 Å². The van der Waals surface area contributed by atoms with Crippen LogP contribution in [0, 0.1) is 16.7 Å². The molecule has 0 atom stereocenters. The molecule has 2 nitrogen and oxygen atoms in total. The minimum atomic E-state index is -0.213. The molecule has 1 aliphatic carbocycles. The van der Waals surface area contributed by atoms with E-state index in [2.05, 4.69) is 32.0 Å². The van der Waals surface area contributed by atoms with E-state index in [9.17, 15) is 4.79 Å². The number of Topliss-reactive ketones (excluding diaryl/α,β-unsaturated/α-hetero) is 1. The summed E-state index contributed by atoms with van der Waals surface area (Å²) in [5.74, 6) is 0.283. The van der Waals surface area contributed by atoms with Crippen LogP contribution < -0.4 is 0 Å². The van der Waals surface area contributed by atoms with Crippen LogP contribution in [0.3, 0.4) is 0 Å². The van der Waals surface area contributed by atoms with Crippen molar-refractivity contribution in [3.05, 3.63) is 59.2 Å². The molecule has 0 saturated heterocycles. The third-order valence-electron chi connectivity index (χ3n) is 5.04. The molecule has 0 N–H and O–H groups in total. The van der Waals surface area contributed by atoms with E-state index in [1.165, 1.54) is 0 Å². The highest BCUT2D eigenvalue weighted by molar-refractivity contribution is 6.05. The molecule has 0 amide bonds. The van der Waals surface area contributed by atoms with E-state index in [-0.39, 0.29) is 11.2 Å². The second-order valence-corrected chi connectivity index (χ2v) is 6.06. The highest BCUT2D eigenvalue weighted by Crippen LogP contribution is 2.43. The molecule has 0 aromatic heterocycles. The quantitative estimate of drug-likeness (QED) is 0.816. The van der Waals surface area contributed by atoms with Crippen LogP contribution in [0.25, 0.3) is 11.1 Å². The lowest BCUT2D eigenvalue weighted by molar-refractivity contribution is 0.0805. The summed E-state index contributed by atoms with van der Waals surface area (Å²) in [6, 6.07) is 15.8. The van der Waals surface area contributed by atoms with Crippen LogP contribution >= 0.6 is 0 Å². The van der Waals surface area contributed by atoms with Crippen LogP contribution in [0.15, 0.2) is 42.5 Å². The first kappa shape index (κ1) is 14.5. The maximum atomic E-state index is 12.8. The Bertz CT molecular complexity index is 779. The van der Waals surface area contributed by atoms with Crippen molar-refractivity contribution in [2.45, 2.75) is 33.1 Å². The van der Waals surface area contributed by atoms with Gasteiger partial charge in [-0.05, 0) is 54.2 Å². The number of hydrogen-bond acceptors (Lipinski definition) is 2. The van der Waals surface area contributed by atoms with Crippen molar-refractivity contribution < 1.29 is 4.79 Å². The van der Waals surface area contributed by atoms with Gasteiger partial charge in [0.05, 0.1) is 11.6 Å². The molecule has 2 aromatic rings. The van der Waals surface area contributed by atoms with Crippen molar-refractivity contribution in [1.29, 1.82) is 5.26 Å². The summed E-state index contributed by atoms with van der Waals surface area (Å²) in [6.07, 6.45) is 2.62. The molecule has 3 rings (SSSR count). The van der Waals surface area contributed by atoms with Gasteiger partial charge in [0.25, 0.3) is 0 Å². The van der Waals surface area contributed by atoms with Gasteiger partial charge in [0.15, 0.2) is 5.78 Å². The van der Waals surface area contributed by atoms with E-state index in [4.69, 9.17) is 5.26 Å². The normalized spacial score (nSPS) is 15.4. The van der Waals surface area contributed by atoms with Crippen LogP contribution in [0.4, 0.5) is 0 Å². The SMILES string of the molecule is CCC1(CC)Cc2ccc(-c3cccc(C#N)c3)cc2C1=O. The van der Waals surface area contributed by atoms with E-state index in [1.54, 1.807) is 6.07 Å². The van der Waals surface area contributed by atoms with Gasteiger partial charge in [0, 0.05) is 11.0 Å². The highest BCUT2D eigenvalue weighted by atomic mass is 16.1. The number of benzene rings is 2. The van der Waals surface area contributed by atoms with Gasteiger partial charge in [0.2, 0.25) is 0 Å². The lowest BCUT2D eigenvalue weighted by atomic mass is 9.79. The monoisotopic (exact) mass is 289 g/mol. The Morgan fingerprint density at radius 2 is 1.82 bits per heavy atom. The van der Waals surface area contributed by atoms with E-state index in [0.717, 1.165) is 41.5 Å². The third kappa shape index (κ3) is 2.14. The maximum absolute atomic E-state index is 12.8. The maximum Gasteiger partial charge on any atom is 0.169 e. The Morgan fingerprint density at radius 3 is 2.50 bits per heavy atom. The number of nitriles is 1. The molecule has 22 heavy (non-hydrogen) atoms. The van der Waals surface area contributed by atoms with Gasteiger partial charge in [-0.2, -0.15) is 5.26 Å². The molecule has 0 saturated carbocycles. The van der Waals surface area contributed by atoms with E-state index < -0.39 is 0 Å². The molecule has 1 aliphatic rings. The number of hydrogen-bond donors (Lipinski definition) is 0. The second kappa shape index (κ2) is 5.42. The van der Waals surface area contributed by atoms with Gasteiger partial charge >= 0.3 is 0 Å². The van der Waals surface area contributed by atoms with Gasteiger partial charge in [-0.15, -0.1) is 0 Å². The molecular weight excluding hydrogens is 270 g/mol. The lowest BCUT2D eigenvalue weighted by Crippen LogP contribution is -2.26. The number of nitrogens with zero attached hydrogens (tertiary/aromatic N) is 1. The lowest BCUT2D eigenvalue weighted by Gasteiger charge is -2.23. The first-order valence-electron chi connectivity index (χ1n) is 7.82.